The Hall–Kier alpha value is -1.59. The van der Waals surface area contributed by atoms with Crippen molar-refractivity contribution < 1.29 is 9.59 Å². The predicted molar refractivity (Wildman–Crippen MR) is 98.4 cm³/mol. The maximum atomic E-state index is 12.2. The lowest BCUT2D eigenvalue weighted by molar-refractivity contribution is -0.120. The molecule has 0 radical (unpaired) electrons. The molecule has 0 heterocycles. The van der Waals surface area contributed by atoms with E-state index in [4.69, 9.17) is 0 Å². The van der Waals surface area contributed by atoms with Gasteiger partial charge in [0, 0.05) is 25.2 Å². The minimum atomic E-state index is 0. The molecule has 134 valence electrons. The second kappa shape index (κ2) is 10.3. The van der Waals surface area contributed by atoms with E-state index in [0.717, 1.165) is 18.0 Å². The molecule has 6 heteroatoms. The number of hydrogen-bond acceptors (Lipinski definition) is 3. The van der Waals surface area contributed by atoms with Crippen LogP contribution in [0, 0.1) is 5.92 Å². The van der Waals surface area contributed by atoms with Crippen molar-refractivity contribution >= 4 is 24.2 Å². The molecule has 1 aromatic carbocycles. The molecule has 5 nitrogen and oxygen atoms in total. The third-order valence-corrected chi connectivity index (χ3v) is 4.16. The quantitative estimate of drug-likeness (QED) is 0.715. The van der Waals surface area contributed by atoms with Gasteiger partial charge in [-0.2, -0.15) is 0 Å². The zero-order chi connectivity index (χ0) is 16.7. The zero-order valence-electron chi connectivity index (χ0n) is 14.5. The van der Waals surface area contributed by atoms with E-state index >= 15 is 0 Å². The Kier molecular flexibility index (Phi) is 8.79. The van der Waals surface area contributed by atoms with Crippen molar-refractivity contribution in [2.75, 3.05) is 26.2 Å². The predicted octanol–water partition coefficient (Wildman–Crippen LogP) is 2.21. The number of amides is 2. The van der Waals surface area contributed by atoms with Crippen molar-refractivity contribution in [2.24, 2.45) is 5.92 Å². The summed E-state index contributed by atoms with van der Waals surface area (Å²) in [6, 6.07) is 7.45. The van der Waals surface area contributed by atoms with Crippen LogP contribution in [-0.4, -0.2) is 42.9 Å². The van der Waals surface area contributed by atoms with Crippen molar-refractivity contribution in [2.45, 2.75) is 33.2 Å². The Morgan fingerprint density at radius 1 is 1.12 bits per heavy atom. The monoisotopic (exact) mass is 353 g/mol. The summed E-state index contributed by atoms with van der Waals surface area (Å²) < 4.78 is 0. The first-order valence-corrected chi connectivity index (χ1v) is 8.49. The van der Waals surface area contributed by atoms with Crippen molar-refractivity contribution in [1.82, 2.24) is 15.5 Å². The van der Waals surface area contributed by atoms with E-state index in [0.29, 0.717) is 31.7 Å². The van der Waals surface area contributed by atoms with Gasteiger partial charge in [-0.05, 0) is 56.8 Å². The number of nitrogens with one attached hydrogen (secondary N) is 2. The molecule has 0 aromatic heterocycles. The lowest BCUT2D eigenvalue weighted by Crippen LogP contribution is -2.34. The van der Waals surface area contributed by atoms with Crippen LogP contribution in [0.15, 0.2) is 24.3 Å². The fourth-order valence-electron chi connectivity index (χ4n) is 2.43. The molecular formula is C18H28ClN3O2. The number of rotatable bonds is 9. The minimum Gasteiger partial charge on any atom is -0.351 e. The van der Waals surface area contributed by atoms with E-state index < -0.39 is 0 Å². The lowest BCUT2D eigenvalue weighted by Gasteiger charge is -2.18. The first kappa shape index (κ1) is 20.5. The number of carbonyl (C=O) groups excluding carboxylic acids is 2. The maximum Gasteiger partial charge on any atom is 0.253 e. The average Bonchev–Trinajstić information content (AvgIpc) is 3.39. The van der Waals surface area contributed by atoms with Crippen LogP contribution in [0.4, 0.5) is 0 Å². The van der Waals surface area contributed by atoms with Crippen molar-refractivity contribution in [3.05, 3.63) is 35.4 Å². The molecule has 1 saturated carbocycles. The summed E-state index contributed by atoms with van der Waals surface area (Å²) in [7, 11) is 0. The van der Waals surface area contributed by atoms with Crippen molar-refractivity contribution in [1.29, 1.82) is 0 Å². The molecule has 0 aliphatic heterocycles. The summed E-state index contributed by atoms with van der Waals surface area (Å²) in [5.74, 6) is 0.836. The highest BCUT2D eigenvalue weighted by Crippen LogP contribution is 2.27. The third kappa shape index (κ3) is 6.49. The van der Waals surface area contributed by atoms with Crippen LogP contribution < -0.4 is 10.6 Å². The van der Waals surface area contributed by atoms with Crippen LogP contribution in [0.1, 0.15) is 42.6 Å². The summed E-state index contributed by atoms with van der Waals surface area (Å²) in [6.45, 7) is 7.17. The summed E-state index contributed by atoms with van der Waals surface area (Å²) in [5.41, 5.74) is 1.69. The van der Waals surface area contributed by atoms with Gasteiger partial charge in [0.15, 0.2) is 0 Å². The highest BCUT2D eigenvalue weighted by Gasteiger charge is 2.20. The zero-order valence-corrected chi connectivity index (χ0v) is 15.3. The first-order chi connectivity index (χ1) is 11.1. The standard InChI is InChI=1S/C18H27N3O2.ClH/c1-3-21(4-2)18(23)16-9-7-15(8-10-16)12-20-17(22)13-19-11-14-5-6-14;/h7-10,14,19H,3-6,11-13H2,1-2H3,(H,20,22);1H. The van der Waals surface area contributed by atoms with E-state index in [9.17, 15) is 9.59 Å². The van der Waals surface area contributed by atoms with Crippen LogP contribution >= 0.6 is 12.4 Å². The first-order valence-electron chi connectivity index (χ1n) is 8.49. The van der Waals surface area contributed by atoms with Gasteiger partial charge in [-0.25, -0.2) is 0 Å². The van der Waals surface area contributed by atoms with Crippen LogP contribution in [-0.2, 0) is 11.3 Å². The maximum absolute atomic E-state index is 12.2. The van der Waals surface area contributed by atoms with Gasteiger partial charge in [-0.3, -0.25) is 9.59 Å². The van der Waals surface area contributed by atoms with Crippen LogP contribution in [0.25, 0.3) is 0 Å². The SMILES string of the molecule is CCN(CC)C(=O)c1ccc(CNC(=O)CNCC2CC2)cc1.Cl. The smallest absolute Gasteiger partial charge is 0.253 e. The molecule has 0 bridgehead atoms. The Morgan fingerprint density at radius 2 is 1.75 bits per heavy atom. The van der Waals surface area contributed by atoms with E-state index in [-0.39, 0.29) is 24.2 Å². The topological polar surface area (TPSA) is 61.4 Å². The minimum absolute atomic E-state index is 0. The number of halogens is 1. The molecule has 2 amide bonds. The van der Waals surface area contributed by atoms with E-state index in [2.05, 4.69) is 10.6 Å². The fourth-order valence-corrected chi connectivity index (χ4v) is 2.43. The van der Waals surface area contributed by atoms with Gasteiger partial charge < -0.3 is 15.5 Å². The third-order valence-electron chi connectivity index (χ3n) is 4.16. The largest absolute Gasteiger partial charge is 0.351 e. The Labute approximate surface area is 150 Å². The molecule has 2 rings (SSSR count). The molecule has 24 heavy (non-hydrogen) atoms. The Bertz CT molecular complexity index is 526. The number of carbonyl (C=O) groups is 2. The molecule has 0 atom stereocenters. The molecular weight excluding hydrogens is 326 g/mol. The molecule has 1 fully saturated rings. The lowest BCUT2D eigenvalue weighted by atomic mass is 10.1. The number of hydrogen-bond donors (Lipinski definition) is 2. The fraction of sp³-hybridized carbons (Fsp3) is 0.556. The highest BCUT2D eigenvalue weighted by atomic mass is 35.5. The van der Waals surface area contributed by atoms with Crippen LogP contribution in [0.3, 0.4) is 0 Å². The van der Waals surface area contributed by atoms with Crippen LogP contribution in [0.5, 0.6) is 0 Å². The summed E-state index contributed by atoms with van der Waals surface area (Å²) >= 11 is 0. The number of nitrogens with zero attached hydrogens (tertiary/aromatic N) is 1. The van der Waals surface area contributed by atoms with Crippen LogP contribution in [0.2, 0.25) is 0 Å². The van der Waals surface area contributed by atoms with Gasteiger partial charge in [0.2, 0.25) is 5.91 Å². The molecule has 1 aliphatic rings. The van der Waals surface area contributed by atoms with E-state index in [1.165, 1.54) is 12.8 Å². The van der Waals surface area contributed by atoms with Gasteiger partial charge >= 0.3 is 0 Å². The summed E-state index contributed by atoms with van der Waals surface area (Å²) in [5, 5.41) is 6.06. The second-order valence-corrected chi connectivity index (χ2v) is 6.03. The Balaban J connectivity index is 0.00000288. The highest BCUT2D eigenvalue weighted by molar-refractivity contribution is 5.94. The molecule has 1 aromatic rings. The molecule has 2 N–H and O–H groups in total. The summed E-state index contributed by atoms with van der Waals surface area (Å²) in [6.07, 6.45) is 2.57. The van der Waals surface area contributed by atoms with E-state index in [1.807, 2.05) is 38.1 Å². The van der Waals surface area contributed by atoms with Gasteiger partial charge in [-0.1, -0.05) is 12.1 Å². The van der Waals surface area contributed by atoms with E-state index in [1.54, 1.807) is 4.90 Å². The Morgan fingerprint density at radius 3 is 2.29 bits per heavy atom. The molecule has 0 saturated heterocycles. The van der Waals surface area contributed by atoms with Gasteiger partial charge in [0.05, 0.1) is 6.54 Å². The van der Waals surface area contributed by atoms with Gasteiger partial charge in [-0.15, -0.1) is 12.4 Å². The second-order valence-electron chi connectivity index (χ2n) is 6.03. The normalized spacial score (nSPS) is 13.1. The summed E-state index contributed by atoms with van der Waals surface area (Å²) in [4.78, 5) is 25.7. The number of benzene rings is 1. The molecule has 0 spiro atoms. The molecule has 1 aliphatic carbocycles. The van der Waals surface area contributed by atoms with Crippen molar-refractivity contribution in [3.8, 4) is 0 Å². The molecule has 0 unspecified atom stereocenters. The van der Waals surface area contributed by atoms with Crippen molar-refractivity contribution in [3.63, 3.8) is 0 Å². The van der Waals surface area contributed by atoms with Gasteiger partial charge in [0.25, 0.3) is 5.91 Å². The van der Waals surface area contributed by atoms with Gasteiger partial charge in [0.1, 0.15) is 0 Å². The average molecular weight is 354 g/mol.